The van der Waals surface area contributed by atoms with Crippen molar-refractivity contribution in [2.75, 3.05) is 0 Å². The van der Waals surface area contributed by atoms with Crippen molar-refractivity contribution in [2.45, 2.75) is 13.2 Å². The van der Waals surface area contributed by atoms with Crippen molar-refractivity contribution < 1.29 is 9.13 Å². The van der Waals surface area contributed by atoms with Crippen molar-refractivity contribution in [1.29, 1.82) is 0 Å². The normalized spacial score (nSPS) is 9.79. The van der Waals surface area contributed by atoms with Crippen molar-refractivity contribution >= 4 is 12.4 Å². The van der Waals surface area contributed by atoms with Crippen LogP contribution in [0, 0.1) is 5.82 Å². The molecule has 2 rings (SSSR count). The quantitative estimate of drug-likeness (QED) is 0.655. The van der Waals surface area contributed by atoms with E-state index in [0.717, 1.165) is 5.56 Å². The summed E-state index contributed by atoms with van der Waals surface area (Å²) in [6.45, 7) is 0.732. The number of ether oxygens (including phenoxy) is 1. The predicted octanol–water partition coefficient (Wildman–Crippen LogP) is 2.79. The topological polar surface area (TPSA) is 47.3 Å². The molecule has 0 unspecified atom stereocenters. The molecule has 0 radical (unpaired) electrons. The van der Waals surface area contributed by atoms with Gasteiger partial charge in [0.05, 0.1) is 0 Å². The molecule has 0 aliphatic rings. The first-order chi connectivity index (χ1) is 8.79. The highest BCUT2D eigenvalue weighted by molar-refractivity contribution is 5.85. The standard InChI is InChI=1S/C14H15FN2O.ClH/c15-14-7-6-13(8-12(14)9-17-16)18-10-11-4-2-1-3-5-11;/h1-8,17H,9-10,16H2;1H. The second-order valence-corrected chi connectivity index (χ2v) is 3.91. The van der Waals surface area contributed by atoms with E-state index in [2.05, 4.69) is 5.43 Å². The highest BCUT2D eigenvalue weighted by atomic mass is 35.5. The molecule has 0 bridgehead atoms. The second kappa shape index (κ2) is 7.74. The van der Waals surface area contributed by atoms with Crippen LogP contribution in [0.2, 0.25) is 0 Å². The SMILES string of the molecule is Cl.NNCc1cc(OCc2ccccc2)ccc1F. The third-order valence-electron chi connectivity index (χ3n) is 2.56. The smallest absolute Gasteiger partial charge is 0.128 e. The van der Waals surface area contributed by atoms with Gasteiger partial charge >= 0.3 is 0 Å². The maximum atomic E-state index is 13.4. The maximum Gasteiger partial charge on any atom is 0.128 e. The van der Waals surface area contributed by atoms with Gasteiger partial charge in [0, 0.05) is 12.1 Å². The van der Waals surface area contributed by atoms with Crippen LogP contribution in [0.15, 0.2) is 48.5 Å². The van der Waals surface area contributed by atoms with Crippen LogP contribution >= 0.6 is 12.4 Å². The molecule has 3 N–H and O–H groups in total. The lowest BCUT2D eigenvalue weighted by atomic mass is 10.2. The summed E-state index contributed by atoms with van der Waals surface area (Å²) >= 11 is 0. The molecule has 0 aliphatic carbocycles. The summed E-state index contributed by atoms with van der Waals surface area (Å²) in [5.74, 6) is 5.53. The van der Waals surface area contributed by atoms with E-state index in [-0.39, 0.29) is 24.8 Å². The zero-order chi connectivity index (χ0) is 12.8. The summed E-state index contributed by atoms with van der Waals surface area (Å²) in [4.78, 5) is 0. The minimum atomic E-state index is -0.292. The molecular formula is C14H16ClFN2O. The van der Waals surface area contributed by atoms with Gasteiger partial charge in [-0.3, -0.25) is 11.3 Å². The first-order valence-electron chi connectivity index (χ1n) is 5.68. The van der Waals surface area contributed by atoms with Gasteiger partial charge in [0.2, 0.25) is 0 Å². The fourth-order valence-corrected chi connectivity index (χ4v) is 1.63. The molecule has 0 aliphatic heterocycles. The van der Waals surface area contributed by atoms with Crippen LogP contribution in [0.1, 0.15) is 11.1 Å². The Hall–Kier alpha value is -1.62. The molecule has 0 spiro atoms. The van der Waals surface area contributed by atoms with Crippen LogP contribution in [-0.4, -0.2) is 0 Å². The van der Waals surface area contributed by atoms with Gasteiger partial charge < -0.3 is 4.74 Å². The minimum absolute atomic E-state index is 0. The van der Waals surface area contributed by atoms with Gasteiger partial charge in [-0.2, -0.15) is 0 Å². The number of hydrogen-bond acceptors (Lipinski definition) is 3. The number of nitrogens with two attached hydrogens (primary N) is 1. The van der Waals surface area contributed by atoms with Crippen LogP contribution in [-0.2, 0) is 13.2 Å². The molecule has 2 aromatic rings. The van der Waals surface area contributed by atoms with Gasteiger partial charge in [0.1, 0.15) is 18.2 Å². The molecule has 3 nitrogen and oxygen atoms in total. The molecule has 102 valence electrons. The summed E-state index contributed by atoms with van der Waals surface area (Å²) < 4.78 is 19.0. The summed E-state index contributed by atoms with van der Waals surface area (Å²) in [7, 11) is 0. The summed E-state index contributed by atoms with van der Waals surface area (Å²) in [6.07, 6.45) is 0. The van der Waals surface area contributed by atoms with Crippen molar-refractivity contribution in [3.05, 3.63) is 65.5 Å². The largest absolute Gasteiger partial charge is 0.489 e. The van der Waals surface area contributed by atoms with Crippen LogP contribution in [0.5, 0.6) is 5.75 Å². The highest BCUT2D eigenvalue weighted by Gasteiger charge is 2.03. The Labute approximate surface area is 118 Å². The number of rotatable bonds is 5. The molecule has 0 saturated carbocycles. The van der Waals surface area contributed by atoms with Crippen molar-refractivity contribution in [3.8, 4) is 5.75 Å². The van der Waals surface area contributed by atoms with E-state index in [4.69, 9.17) is 10.6 Å². The third-order valence-corrected chi connectivity index (χ3v) is 2.56. The van der Waals surface area contributed by atoms with Gasteiger partial charge in [0.25, 0.3) is 0 Å². The van der Waals surface area contributed by atoms with Gasteiger partial charge in [-0.25, -0.2) is 4.39 Å². The average molecular weight is 283 g/mol. The van der Waals surface area contributed by atoms with Crippen LogP contribution < -0.4 is 16.0 Å². The van der Waals surface area contributed by atoms with Gasteiger partial charge in [-0.05, 0) is 23.8 Å². The number of hydrogen-bond donors (Lipinski definition) is 2. The maximum absolute atomic E-state index is 13.4. The summed E-state index contributed by atoms with van der Waals surface area (Å²) in [5, 5.41) is 0. The lowest BCUT2D eigenvalue weighted by Crippen LogP contribution is -2.21. The third kappa shape index (κ3) is 4.52. The van der Waals surface area contributed by atoms with Gasteiger partial charge in [-0.15, -0.1) is 12.4 Å². The Morgan fingerprint density at radius 3 is 2.53 bits per heavy atom. The Bertz CT molecular complexity index is 508. The summed E-state index contributed by atoms with van der Waals surface area (Å²) in [5.41, 5.74) is 3.99. The Balaban J connectivity index is 0.00000180. The molecule has 0 fully saturated rings. The molecule has 0 saturated heterocycles. The van der Waals surface area contributed by atoms with Gasteiger partial charge in [0.15, 0.2) is 0 Å². The number of hydrazine groups is 1. The van der Waals surface area contributed by atoms with Crippen molar-refractivity contribution in [3.63, 3.8) is 0 Å². The molecule has 19 heavy (non-hydrogen) atoms. The van der Waals surface area contributed by atoms with Gasteiger partial charge in [-0.1, -0.05) is 30.3 Å². The van der Waals surface area contributed by atoms with E-state index in [0.29, 0.717) is 17.9 Å². The average Bonchev–Trinajstić information content (AvgIpc) is 2.41. The predicted molar refractivity (Wildman–Crippen MR) is 75.4 cm³/mol. The first-order valence-corrected chi connectivity index (χ1v) is 5.68. The van der Waals surface area contributed by atoms with Crippen molar-refractivity contribution in [1.82, 2.24) is 5.43 Å². The molecule has 0 amide bonds. The minimum Gasteiger partial charge on any atom is -0.489 e. The molecule has 0 atom stereocenters. The fraction of sp³-hybridized carbons (Fsp3) is 0.143. The summed E-state index contributed by atoms with van der Waals surface area (Å²) in [6, 6.07) is 14.5. The fourth-order valence-electron chi connectivity index (χ4n) is 1.63. The number of benzene rings is 2. The molecule has 5 heteroatoms. The zero-order valence-electron chi connectivity index (χ0n) is 10.3. The Kier molecular flexibility index (Phi) is 6.29. The monoisotopic (exact) mass is 282 g/mol. The van der Waals surface area contributed by atoms with E-state index >= 15 is 0 Å². The second-order valence-electron chi connectivity index (χ2n) is 3.91. The molecule has 0 aromatic heterocycles. The number of halogens is 2. The van der Waals surface area contributed by atoms with Crippen LogP contribution in [0.25, 0.3) is 0 Å². The van der Waals surface area contributed by atoms with Crippen molar-refractivity contribution in [2.24, 2.45) is 5.84 Å². The number of nitrogens with one attached hydrogen (secondary N) is 1. The molecular weight excluding hydrogens is 267 g/mol. The van der Waals surface area contributed by atoms with E-state index in [9.17, 15) is 4.39 Å². The first kappa shape index (κ1) is 15.4. The molecule has 2 aromatic carbocycles. The zero-order valence-corrected chi connectivity index (χ0v) is 11.1. The van der Waals surface area contributed by atoms with E-state index in [1.165, 1.54) is 6.07 Å². The van der Waals surface area contributed by atoms with Crippen LogP contribution in [0.3, 0.4) is 0 Å². The Morgan fingerprint density at radius 2 is 1.84 bits per heavy atom. The molecule has 0 heterocycles. The Morgan fingerprint density at radius 1 is 1.11 bits per heavy atom. The lowest BCUT2D eigenvalue weighted by Gasteiger charge is -2.09. The van der Waals surface area contributed by atoms with Crippen LogP contribution in [0.4, 0.5) is 4.39 Å². The van der Waals surface area contributed by atoms with E-state index < -0.39 is 0 Å². The van der Waals surface area contributed by atoms with E-state index in [1.807, 2.05) is 30.3 Å². The van der Waals surface area contributed by atoms with E-state index in [1.54, 1.807) is 12.1 Å². The lowest BCUT2D eigenvalue weighted by molar-refractivity contribution is 0.305. The highest BCUT2D eigenvalue weighted by Crippen LogP contribution is 2.18.